The zero-order chi connectivity index (χ0) is 18.3. The first-order valence-electron chi connectivity index (χ1n) is 7.14. The number of rotatable bonds is 2. The Morgan fingerprint density at radius 3 is 2.44 bits per heavy atom. The molecule has 0 amide bonds. The van der Waals surface area contributed by atoms with Crippen molar-refractivity contribution in [3.8, 4) is 5.69 Å². The summed E-state index contributed by atoms with van der Waals surface area (Å²) in [5.74, 6) is -4.45. The monoisotopic (exact) mass is 362 g/mol. The third kappa shape index (κ3) is 2.70. The van der Waals surface area contributed by atoms with Gasteiger partial charge in [-0.3, -0.25) is 19.2 Å². The van der Waals surface area contributed by atoms with E-state index in [1.54, 1.807) is 0 Å². The number of carbonyl (C=O) groups excluding carboxylic acids is 3. The predicted octanol–water partition coefficient (Wildman–Crippen LogP) is 0.276. The van der Waals surface area contributed by atoms with Crippen LogP contribution < -0.4 is 11.2 Å². The molecule has 1 atom stereocenters. The lowest BCUT2D eigenvalue weighted by Crippen LogP contribution is -2.47. The zero-order valence-electron chi connectivity index (χ0n) is 12.9. The highest BCUT2D eigenvalue weighted by atomic mass is 35.5. The molecule has 0 radical (unpaired) electrons. The number of fused-ring (bicyclic) bond motifs is 1. The standard InChI is InChI=1S/C16H11ClN2O6/c1-25-15(23)12-10(20)6-9-11(13(12)21)14(22)19(16(24)18-9)8-4-2-7(17)3-5-8/h2-5,12H,6H2,1H3,(H,18,24). The Balaban J connectivity index is 2.24. The number of ether oxygens (including phenoxy) is 1. The lowest BCUT2D eigenvalue weighted by Gasteiger charge is -2.20. The summed E-state index contributed by atoms with van der Waals surface area (Å²) in [5, 5.41) is 0.401. The van der Waals surface area contributed by atoms with Crippen LogP contribution in [-0.2, 0) is 20.7 Å². The summed E-state index contributed by atoms with van der Waals surface area (Å²) in [7, 11) is 1.04. The second-order valence-corrected chi connectivity index (χ2v) is 5.80. The van der Waals surface area contributed by atoms with Crippen molar-refractivity contribution in [1.29, 1.82) is 0 Å². The third-order valence-electron chi connectivity index (χ3n) is 3.88. The minimum atomic E-state index is -1.70. The molecular formula is C16H11ClN2O6. The van der Waals surface area contributed by atoms with Crippen LogP contribution in [0.3, 0.4) is 0 Å². The van der Waals surface area contributed by atoms with Gasteiger partial charge in [0.05, 0.1) is 12.8 Å². The van der Waals surface area contributed by atoms with Gasteiger partial charge in [0.25, 0.3) is 5.56 Å². The quantitative estimate of drug-likeness (QED) is 0.606. The molecule has 0 saturated carbocycles. The van der Waals surface area contributed by atoms with Crippen LogP contribution in [0.5, 0.6) is 0 Å². The van der Waals surface area contributed by atoms with E-state index < -0.39 is 46.7 Å². The number of hydrogen-bond donors (Lipinski definition) is 1. The Hall–Kier alpha value is -3.00. The summed E-state index contributed by atoms with van der Waals surface area (Å²) < 4.78 is 5.21. The van der Waals surface area contributed by atoms with E-state index in [1.807, 2.05) is 0 Å². The highest BCUT2D eigenvalue weighted by Crippen LogP contribution is 2.20. The Bertz CT molecular complexity index is 1020. The number of nitrogens with one attached hydrogen (secondary N) is 1. The molecule has 25 heavy (non-hydrogen) atoms. The van der Waals surface area contributed by atoms with Crippen LogP contribution in [0.15, 0.2) is 33.9 Å². The molecule has 1 aliphatic carbocycles. The number of hydrogen-bond acceptors (Lipinski definition) is 6. The lowest BCUT2D eigenvalue weighted by molar-refractivity contribution is -0.147. The van der Waals surface area contributed by atoms with Gasteiger partial charge in [0, 0.05) is 17.1 Å². The smallest absolute Gasteiger partial charge is 0.333 e. The van der Waals surface area contributed by atoms with E-state index in [1.165, 1.54) is 24.3 Å². The van der Waals surface area contributed by atoms with Crippen LogP contribution in [-0.4, -0.2) is 34.2 Å². The molecule has 0 bridgehead atoms. The highest BCUT2D eigenvalue weighted by molar-refractivity contribution is 6.30. The van der Waals surface area contributed by atoms with E-state index in [-0.39, 0.29) is 11.4 Å². The number of benzene rings is 1. The Labute approximate surface area is 145 Å². The maximum absolute atomic E-state index is 12.7. The topological polar surface area (TPSA) is 115 Å². The number of carbonyl (C=O) groups is 3. The van der Waals surface area contributed by atoms with Crippen LogP contribution in [0.2, 0.25) is 5.02 Å². The van der Waals surface area contributed by atoms with Crippen molar-refractivity contribution in [3.05, 3.63) is 61.4 Å². The van der Waals surface area contributed by atoms with Gasteiger partial charge < -0.3 is 9.72 Å². The molecule has 1 heterocycles. The third-order valence-corrected chi connectivity index (χ3v) is 4.13. The number of aromatic amines is 1. The first kappa shape index (κ1) is 16.8. The van der Waals surface area contributed by atoms with Gasteiger partial charge in [0.15, 0.2) is 17.5 Å². The summed E-state index contributed by atoms with van der Waals surface area (Å²) in [6.07, 6.45) is -0.410. The van der Waals surface area contributed by atoms with Crippen LogP contribution in [0.25, 0.3) is 5.69 Å². The van der Waals surface area contributed by atoms with Gasteiger partial charge in [-0.2, -0.15) is 0 Å². The molecule has 0 fully saturated rings. The number of halogens is 1. The van der Waals surface area contributed by atoms with E-state index in [0.717, 1.165) is 11.7 Å². The summed E-state index contributed by atoms with van der Waals surface area (Å²) in [5.41, 5.74) is -2.02. The molecular weight excluding hydrogens is 352 g/mol. The maximum atomic E-state index is 12.7. The van der Waals surface area contributed by atoms with Gasteiger partial charge in [0.2, 0.25) is 0 Å². The fourth-order valence-corrected chi connectivity index (χ4v) is 2.84. The van der Waals surface area contributed by atoms with Gasteiger partial charge >= 0.3 is 11.7 Å². The average molecular weight is 363 g/mol. The Morgan fingerprint density at radius 2 is 1.84 bits per heavy atom. The number of H-pyrrole nitrogens is 1. The fourth-order valence-electron chi connectivity index (χ4n) is 2.72. The first-order chi connectivity index (χ1) is 11.8. The summed E-state index contributed by atoms with van der Waals surface area (Å²) in [6, 6.07) is 5.82. The number of esters is 1. The molecule has 3 rings (SSSR count). The molecule has 1 unspecified atom stereocenters. The van der Waals surface area contributed by atoms with Gasteiger partial charge in [-0.15, -0.1) is 0 Å². The SMILES string of the molecule is COC(=O)C1C(=O)Cc2[nH]c(=O)n(-c3ccc(Cl)cc3)c(=O)c2C1=O. The Kier molecular flexibility index (Phi) is 4.13. The molecule has 9 heteroatoms. The Morgan fingerprint density at radius 1 is 1.20 bits per heavy atom. The fraction of sp³-hybridized carbons (Fsp3) is 0.188. The minimum absolute atomic E-state index is 0.102. The van der Waals surface area contributed by atoms with E-state index in [4.69, 9.17) is 11.6 Å². The van der Waals surface area contributed by atoms with Gasteiger partial charge in [-0.1, -0.05) is 11.6 Å². The van der Waals surface area contributed by atoms with Gasteiger partial charge in [0.1, 0.15) is 5.56 Å². The predicted molar refractivity (Wildman–Crippen MR) is 86.2 cm³/mol. The molecule has 8 nitrogen and oxygen atoms in total. The number of nitrogens with zero attached hydrogens (tertiary/aromatic N) is 1. The normalized spacial score (nSPS) is 16.5. The number of Topliss-reactive ketones (excluding diaryl/α,β-unsaturated/α-hetero) is 2. The lowest BCUT2D eigenvalue weighted by atomic mass is 9.84. The largest absolute Gasteiger partial charge is 0.468 e. The van der Waals surface area contributed by atoms with E-state index in [9.17, 15) is 24.0 Å². The van der Waals surface area contributed by atoms with Gasteiger partial charge in [-0.05, 0) is 24.3 Å². The zero-order valence-corrected chi connectivity index (χ0v) is 13.6. The van der Waals surface area contributed by atoms with Crippen LogP contribution in [0, 0.1) is 5.92 Å². The van der Waals surface area contributed by atoms with Crippen molar-refractivity contribution < 1.29 is 19.1 Å². The van der Waals surface area contributed by atoms with Crippen molar-refractivity contribution in [3.63, 3.8) is 0 Å². The molecule has 1 aliphatic rings. The van der Waals surface area contributed by atoms with Crippen molar-refractivity contribution in [1.82, 2.24) is 9.55 Å². The molecule has 1 aromatic carbocycles. The molecule has 128 valence electrons. The van der Waals surface area contributed by atoms with Crippen molar-refractivity contribution in [2.45, 2.75) is 6.42 Å². The van der Waals surface area contributed by atoms with E-state index in [0.29, 0.717) is 5.02 Å². The van der Waals surface area contributed by atoms with Crippen LogP contribution in [0.4, 0.5) is 0 Å². The van der Waals surface area contributed by atoms with Gasteiger partial charge in [-0.25, -0.2) is 9.36 Å². The van der Waals surface area contributed by atoms with Crippen molar-refractivity contribution in [2.75, 3.05) is 7.11 Å². The molecule has 1 N–H and O–H groups in total. The van der Waals surface area contributed by atoms with E-state index in [2.05, 4.69) is 9.72 Å². The van der Waals surface area contributed by atoms with E-state index >= 15 is 0 Å². The maximum Gasteiger partial charge on any atom is 0.333 e. The molecule has 1 aromatic heterocycles. The molecule has 0 saturated heterocycles. The summed E-state index contributed by atoms with van der Waals surface area (Å²) in [4.78, 5) is 63.6. The average Bonchev–Trinajstić information content (AvgIpc) is 2.55. The molecule has 2 aromatic rings. The molecule has 0 aliphatic heterocycles. The summed E-state index contributed by atoms with van der Waals surface area (Å²) in [6.45, 7) is 0. The van der Waals surface area contributed by atoms with Crippen molar-refractivity contribution >= 4 is 29.1 Å². The van der Waals surface area contributed by atoms with Crippen LogP contribution in [0.1, 0.15) is 16.1 Å². The number of methoxy groups -OCH3 is 1. The molecule has 0 spiro atoms. The number of ketones is 2. The summed E-state index contributed by atoms with van der Waals surface area (Å²) >= 11 is 5.79. The number of aromatic nitrogens is 2. The highest BCUT2D eigenvalue weighted by Gasteiger charge is 2.43. The van der Waals surface area contributed by atoms with Crippen molar-refractivity contribution in [2.24, 2.45) is 5.92 Å². The minimum Gasteiger partial charge on any atom is -0.468 e. The van der Waals surface area contributed by atoms with Crippen LogP contribution >= 0.6 is 11.6 Å². The second-order valence-electron chi connectivity index (χ2n) is 5.36. The second kappa shape index (κ2) is 6.14. The first-order valence-corrected chi connectivity index (χ1v) is 7.52.